The lowest BCUT2D eigenvalue weighted by atomic mass is 10.2. The molecule has 4 aromatic rings. The number of hydrogen-bond acceptors (Lipinski definition) is 4. The quantitative estimate of drug-likeness (QED) is 0.525. The molecule has 0 radical (unpaired) electrons. The first-order valence-electron chi connectivity index (χ1n) is 10.2. The minimum Gasteiger partial charge on any atom is -0.352 e. The molecular formula is C22H26N6. The maximum atomic E-state index is 4.55. The van der Waals surface area contributed by atoms with E-state index in [0.717, 1.165) is 49.6 Å². The van der Waals surface area contributed by atoms with Crippen LogP contribution in [0.15, 0.2) is 54.9 Å². The van der Waals surface area contributed by atoms with Crippen LogP contribution in [0.25, 0.3) is 21.9 Å². The van der Waals surface area contributed by atoms with Gasteiger partial charge in [0, 0.05) is 38.1 Å². The Morgan fingerprint density at radius 1 is 0.857 bits per heavy atom. The van der Waals surface area contributed by atoms with Gasteiger partial charge in [-0.3, -0.25) is 10.00 Å². The van der Waals surface area contributed by atoms with E-state index in [1.807, 2.05) is 12.4 Å². The highest BCUT2D eigenvalue weighted by Crippen LogP contribution is 2.24. The van der Waals surface area contributed by atoms with Crippen molar-refractivity contribution in [2.45, 2.75) is 19.4 Å². The Bertz CT molecular complexity index is 1060. The highest BCUT2D eigenvalue weighted by atomic mass is 15.3. The van der Waals surface area contributed by atoms with Crippen molar-refractivity contribution >= 4 is 27.8 Å². The summed E-state index contributed by atoms with van der Waals surface area (Å²) in [6.45, 7) is 6.51. The largest absolute Gasteiger partial charge is 0.352 e. The smallest absolute Gasteiger partial charge is 0.158 e. The summed E-state index contributed by atoms with van der Waals surface area (Å²) in [6, 6.07) is 16.7. The molecule has 0 saturated carbocycles. The van der Waals surface area contributed by atoms with E-state index in [-0.39, 0.29) is 0 Å². The van der Waals surface area contributed by atoms with Crippen LogP contribution in [0.1, 0.15) is 12.8 Å². The summed E-state index contributed by atoms with van der Waals surface area (Å²) < 4.78 is 2.27. The summed E-state index contributed by atoms with van der Waals surface area (Å²) in [7, 11) is 0. The zero-order valence-electron chi connectivity index (χ0n) is 16.1. The fraction of sp³-hybridized carbons (Fsp3) is 0.364. The third-order valence-electron chi connectivity index (χ3n) is 5.77. The lowest BCUT2D eigenvalue weighted by Gasteiger charge is -2.35. The van der Waals surface area contributed by atoms with Crippen LogP contribution in [0.3, 0.4) is 0 Å². The van der Waals surface area contributed by atoms with Gasteiger partial charge in [0.25, 0.3) is 0 Å². The van der Waals surface area contributed by atoms with Gasteiger partial charge in [0.15, 0.2) is 5.82 Å². The molecule has 144 valence electrons. The zero-order chi connectivity index (χ0) is 18.8. The second-order valence-corrected chi connectivity index (χ2v) is 7.56. The normalized spacial score (nSPS) is 15.6. The Labute approximate surface area is 164 Å². The number of anilines is 1. The number of hydrogen-bond donors (Lipinski definition) is 1. The minimum atomic E-state index is 1.04. The van der Waals surface area contributed by atoms with Crippen LogP contribution in [0.5, 0.6) is 0 Å². The van der Waals surface area contributed by atoms with E-state index < -0.39 is 0 Å². The fourth-order valence-electron chi connectivity index (χ4n) is 4.18. The molecule has 6 nitrogen and oxygen atoms in total. The molecule has 3 heterocycles. The van der Waals surface area contributed by atoms with Crippen LogP contribution in [0.2, 0.25) is 0 Å². The van der Waals surface area contributed by atoms with Crippen LogP contribution in [0.4, 0.5) is 5.82 Å². The number of para-hydroxylation sites is 3. The average molecular weight is 374 g/mol. The van der Waals surface area contributed by atoms with Crippen LogP contribution in [-0.2, 0) is 6.54 Å². The summed E-state index contributed by atoms with van der Waals surface area (Å²) in [5.74, 6) is 1.10. The van der Waals surface area contributed by atoms with Crippen LogP contribution >= 0.6 is 0 Å². The van der Waals surface area contributed by atoms with Crippen molar-refractivity contribution < 1.29 is 0 Å². The van der Waals surface area contributed by atoms with Gasteiger partial charge in [0.1, 0.15) is 0 Å². The number of aryl methyl sites for hydroxylation is 1. The van der Waals surface area contributed by atoms with E-state index in [0.29, 0.717) is 0 Å². The molecule has 2 aromatic heterocycles. The number of piperazine rings is 1. The molecule has 1 saturated heterocycles. The molecule has 0 unspecified atom stereocenters. The Balaban J connectivity index is 1.10. The average Bonchev–Trinajstić information content (AvgIpc) is 3.36. The van der Waals surface area contributed by atoms with E-state index in [1.165, 1.54) is 30.3 Å². The second-order valence-electron chi connectivity index (χ2n) is 7.56. The van der Waals surface area contributed by atoms with Gasteiger partial charge in [-0.2, -0.15) is 5.10 Å². The number of fused-ring (bicyclic) bond motifs is 2. The number of benzene rings is 2. The van der Waals surface area contributed by atoms with Gasteiger partial charge in [0.05, 0.1) is 22.9 Å². The number of aromatic amines is 1. The van der Waals surface area contributed by atoms with Crippen molar-refractivity contribution in [1.29, 1.82) is 0 Å². The third-order valence-corrected chi connectivity index (χ3v) is 5.77. The molecule has 1 fully saturated rings. The molecule has 1 N–H and O–H groups in total. The van der Waals surface area contributed by atoms with E-state index in [2.05, 4.69) is 72.0 Å². The van der Waals surface area contributed by atoms with Gasteiger partial charge in [-0.1, -0.05) is 24.3 Å². The monoisotopic (exact) mass is 374 g/mol. The molecule has 2 aromatic carbocycles. The molecule has 0 amide bonds. The summed E-state index contributed by atoms with van der Waals surface area (Å²) in [5, 5.41) is 8.92. The first-order valence-corrected chi connectivity index (χ1v) is 10.2. The Kier molecular flexibility index (Phi) is 4.71. The highest BCUT2D eigenvalue weighted by molar-refractivity contribution is 5.90. The maximum absolute atomic E-state index is 4.55. The first kappa shape index (κ1) is 17.3. The van der Waals surface area contributed by atoms with Gasteiger partial charge in [-0.05, 0) is 43.7 Å². The van der Waals surface area contributed by atoms with E-state index in [9.17, 15) is 0 Å². The van der Waals surface area contributed by atoms with Gasteiger partial charge in [-0.25, -0.2) is 4.98 Å². The van der Waals surface area contributed by atoms with Crippen LogP contribution in [-0.4, -0.2) is 57.4 Å². The summed E-state index contributed by atoms with van der Waals surface area (Å²) >= 11 is 0. The number of aromatic nitrogens is 4. The van der Waals surface area contributed by atoms with Crippen molar-refractivity contribution in [2.75, 3.05) is 37.6 Å². The van der Waals surface area contributed by atoms with E-state index in [1.54, 1.807) is 0 Å². The lowest BCUT2D eigenvalue weighted by molar-refractivity contribution is 0.251. The van der Waals surface area contributed by atoms with Gasteiger partial charge < -0.3 is 9.47 Å². The number of H-pyrrole nitrogens is 1. The molecule has 0 atom stereocenters. The predicted octanol–water partition coefficient (Wildman–Crippen LogP) is 3.52. The van der Waals surface area contributed by atoms with Gasteiger partial charge in [-0.15, -0.1) is 0 Å². The molecule has 0 bridgehead atoms. The molecule has 28 heavy (non-hydrogen) atoms. The number of unbranched alkanes of at least 4 members (excludes halogenated alkanes) is 1. The molecule has 0 aliphatic carbocycles. The van der Waals surface area contributed by atoms with Crippen LogP contribution in [0, 0.1) is 0 Å². The number of nitrogens with one attached hydrogen (secondary N) is 1. The third kappa shape index (κ3) is 3.36. The standard InChI is InChI=1S/C22H26N6/c1-2-8-19-18(7-1)22(25-24-19)27-15-13-26(14-16-27)11-5-6-12-28-17-23-20-9-3-4-10-21(20)28/h1-4,7-10,17H,5-6,11-16H2,(H,24,25). The molecule has 6 heteroatoms. The van der Waals surface area contributed by atoms with Crippen molar-refractivity contribution in [2.24, 2.45) is 0 Å². The van der Waals surface area contributed by atoms with Gasteiger partial charge in [0.2, 0.25) is 0 Å². The lowest BCUT2D eigenvalue weighted by Crippen LogP contribution is -2.46. The molecule has 1 aliphatic rings. The summed E-state index contributed by atoms with van der Waals surface area (Å²) in [6.07, 6.45) is 4.38. The highest BCUT2D eigenvalue weighted by Gasteiger charge is 2.20. The fourth-order valence-corrected chi connectivity index (χ4v) is 4.18. The van der Waals surface area contributed by atoms with Crippen molar-refractivity contribution in [3.8, 4) is 0 Å². The minimum absolute atomic E-state index is 1.04. The van der Waals surface area contributed by atoms with Crippen LogP contribution < -0.4 is 4.90 Å². The molecular weight excluding hydrogens is 348 g/mol. The maximum Gasteiger partial charge on any atom is 0.158 e. The molecule has 0 spiro atoms. The summed E-state index contributed by atoms with van der Waals surface area (Å²) in [4.78, 5) is 9.47. The van der Waals surface area contributed by atoms with Crippen molar-refractivity contribution in [1.82, 2.24) is 24.6 Å². The zero-order valence-corrected chi connectivity index (χ0v) is 16.1. The topological polar surface area (TPSA) is 53.0 Å². The number of nitrogens with zero attached hydrogens (tertiary/aromatic N) is 5. The Morgan fingerprint density at radius 3 is 2.57 bits per heavy atom. The summed E-state index contributed by atoms with van der Waals surface area (Å²) in [5.41, 5.74) is 3.44. The number of rotatable bonds is 6. The SMILES string of the molecule is c1ccc2c(c1)ncn2CCCCN1CCN(c2n[nH]c3ccccc23)CC1. The Hall–Kier alpha value is -2.86. The van der Waals surface area contributed by atoms with E-state index >= 15 is 0 Å². The Morgan fingerprint density at radius 2 is 1.64 bits per heavy atom. The first-order chi connectivity index (χ1) is 13.9. The molecule has 5 rings (SSSR count). The molecule has 1 aliphatic heterocycles. The van der Waals surface area contributed by atoms with Gasteiger partial charge >= 0.3 is 0 Å². The predicted molar refractivity (Wildman–Crippen MR) is 114 cm³/mol. The second kappa shape index (κ2) is 7.64. The van der Waals surface area contributed by atoms with Crippen molar-refractivity contribution in [3.63, 3.8) is 0 Å². The van der Waals surface area contributed by atoms with Crippen molar-refractivity contribution in [3.05, 3.63) is 54.9 Å². The van der Waals surface area contributed by atoms with E-state index in [4.69, 9.17) is 0 Å². The number of imidazole rings is 1.